The minimum Gasteiger partial charge on any atom is -0.440 e. The van der Waals surface area contributed by atoms with Crippen LogP contribution in [-0.2, 0) is 0 Å². The van der Waals surface area contributed by atoms with Gasteiger partial charge in [-0.1, -0.05) is 29.9 Å². The fourth-order valence-electron chi connectivity index (χ4n) is 0.539. The van der Waals surface area contributed by atoms with Crippen molar-refractivity contribution in [2.24, 2.45) is 0 Å². The molecule has 0 unspecified atom stereocenters. The molecule has 0 aromatic carbocycles. The van der Waals surface area contributed by atoms with E-state index in [9.17, 15) is 0 Å². The molecule has 0 N–H and O–H groups in total. The molecule has 2 nitrogen and oxygen atoms in total. The maximum Gasteiger partial charge on any atom is 0.256 e. The predicted molar refractivity (Wildman–Crippen MR) is 47.0 cm³/mol. The molecular formula is C7H8ClNOS. The summed E-state index contributed by atoms with van der Waals surface area (Å²) in [4.78, 5) is 4.08. The lowest BCUT2D eigenvalue weighted by Gasteiger charge is -1.90. The maximum atomic E-state index is 5.55. The van der Waals surface area contributed by atoms with E-state index in [1.54, 1.807) is 6.26 Å². The quantitative estimate of drug-likeness (QED) is 0.684. The first kappa shape index (κ1) is 8.68. The second kappa shape index (κ2) is 3.83. The van der Waals surface area contributed by atoms with Crippen LogP contribution in [0.3, 0.4) is 0 Å². The van der Waals surface area contributed by atoms with Crippen LogP contribution in [0.15, 0.2) is 27.5 Å². The Bertz CT molecular complexity index is 259. The van der Waals surface area contributed by atoms with Crippen LogP contribution in [0.1, 0.15) is 5.69 Å². The Kier molecular flexibility index (Phi) is 3.02. The van der Waals surface area contributed by atoms with Gasteiger partial charge in [-0.2, -0.15) is 0 Å². The highest BCUT2D eigenvalue weighted by Crippen LogP contribution is 2.19. The smallest absolute Gasteiger partial charge is 0.256 e. The Morgan fingerprint density at radius 1 is 1.91 bits per heavy atom. The van der Waals surface area contributed by atoms with Crippen LogP contribution in [0, 0.1) is 6.92 Å². The van der Waals surface area contributed by atoms with Crippen LogP contribution in [0.5, 0.6) is 0 Å². The molecule has 1 aromatic heterocycles. The van der Waals surface area contributed by atoms with Gasteiger partial charge in [0.25, 0.3) is 5.22 Å². The lowest BCUT2D eigenvalue weighted by molar-refractivity contribution is 0.454. The molecule has 60 valence electrons. The molecule has 0 saturated heterocycles. The number of aryl methyl sites for hydroxylation is 1. The van der Waals surface area contributed by atoms with Crippen molar-refractivity contribution in [3.63, 3.8) is 0 Å². The van der Waals surface area contributed by atoms with Crippen molar-refractivity contribution < 1.29 is 4.42 Å². The monoisotopic (exact) mass is 189 g/mol. The summed E-state index contributed by atoms with van der Waals surface area (Å²) in [6, 6.07) is 0. The summed E-state index contributed by atoms with van der Waals surface area (Å²) < 4.78 is 5.07. The van der Waals surface area contributed by atoms with Crippen LogP contribution < -0.4 is 0 Å². The molecule has 0 spiro atoms. The lowest BCUT2D eigenvalue weighted by atomic mass is 10.6. The number of halogens is 1. The molecule has 0 atom stereocenters. The van der Waals surface area contributed by atoms with Gasteiger partial charge in [-0.15, -0.1) is 0 Å². The molecule has 4 heteroatoms. The van der Waals surface area contributed by atoms with E-state index in [0.29, 0.717) is 16.0 Å². The van der Waals surface area contributed by atoms with Crippen molar-refractivity contribution in [1.29, 1.82) is 0 Å². The largest absolute Gasteiger partial charge is 0.440 e. The summed E-state index contributed by atoms with van der Waals surface area (Å²) in [5.41, 5.74) is 0.882. The number of aromatic nitrogens is 1. The Hall–Kier alpha value is -0.410. The van der Waals surface area contributed by atoms with Crippen LogP contribution >= 0.6 is 23.4 Å². The van der Waals surface area contributed by atoms with Crippen molar-refractivity contribution in [2.45, 2.75) is 12.1 Å². The summed E-state index contributed by atoms with van der Waals surface area (Å²) in [5.74, 6) is 0.640. The lowest BCUT2D eigenvalue weighted by Crippen LogP contribution is -1.77. The number of nitrogens with zero attached hydrogens (tertiary/aromatic N) is 1. The molecule has 0 radical (unpaired) electrons. The zero-order valence-corrected chi connectivity index (χ0v) is 7.71. The molecule has 0 aliphatic heterocycles. The maximum absolute atomic E-state index is 5.55. The van der Waals surface area contributed by atoms with Crippen molar-refractivity contribution in [3.8, 4) is 0 Å². The van der Waals surface area contributed by atoms with Crippen molar-refractivity contribution >= 4 is 23.4 Å². The molecule has 0 aliphatic rings. The van der Waals surface area contributed by atoms with Crippen LogP contribution in [0.2, 0.25) is 0 Å². The number of hydrogen-bond donors (Lipinski definition) is 0. The van der Waals surface area contributed by atoms with Gasteiger partial charge in [0.1, 0.15) is 6.26 Å². The third-order valence-corrected chi connectivity index (χ3v) is 2.17. The first-order chi connectivity index (χ1) is 5.18. The van der Waals surface area contributed by atoms with Gasteiger partial charge in [-0.25, -0.2) is 4.98 Å². The summed E-state index contributed by atoms with van der Waals surface area (Å²) >= 11 is 6.99. The van der Waals surface area contributed by atoms with Crippen molar-refractivity contribution in [3.05, 3.63) is 23.6 Å². The highest BCUT2D eigenvalue weighted by molar-refractivity contribution is 7.99. The Labute approximate surface area is 74.6 Å². The molecule has 0 saturated carbocycles. The summed E-state index contributed by atoms with van der Waals surface area (Å²) in [5, 5.41) is 1.25. The van der Waals surface area contributed by atoms with E-state index in [0.717, 1.165) is 5.69 Å². The average molecular weight is 190 g/mol. The van der Waals surface area contributed by atoms with Crippen LogP contribution in [0.4, 0.5) is 0 Å². The molecule has 0 amide bonds. The summed E-state index contributed by atoms with van der Waals surface area (Å²) in [6.45, 7) is 5.43. The predicted octanol–water partition coefficient (Wildman–Crippen LogP) is 2.83. The van der Waals surface area contributed by atoms with Gasteiger partial charge in [0.2, 0.25) is 0 Å². The van der Waals surface area contributed by atoms with Gasteiger partial charge in [0.15, 0.2) is 0 Å². The molecule has 11 heavy (non-hydrogen) atoms. The number of rotatable bonds is 3. The molecule has 0 bridgehead atoms. The Morgan fingerprint density at radius 2 is 2.64 bits per heavy atom. The molecule has 1 heterocycles. The molecular weight excluding hydrogens is 182 g/mol. The standard InChI is InChI=1S/C7H8ClNOS/c1-5(8)4-11-7-9-6(2)3-10-7/h3H,1,4H2,2H3. The van der Waals surface area contributed by atoms with E-state index < -0.39 is 0 Å². The van der Waals surface area contributed by atoms with Gasteiger partial charge in [-0.05, 0) is 6.92 Å². The Morgan fingerprint density at radius 3 is 3.09 bits per heavy atom. The Balaban J connectivity index is 2.45. The van der Waals surface area contributed by atoms with E-state index in [2.05, 4.69) is 11.6 Å². The number of hydrogen-bond acceptors (Lipinski definition) is 3. The fraction of sp³-hybridized carbons (Fsp3) is 0.286. The fourth-order valence-corrected chi connectivity index (χ4v) is 1.31. The number of thioether (sulfide) groups is 1. The van der Waals surface area contributed by atoms with E-state index >= 15 is 0 Å². The highest BCUT2D eigenvalue weighted by Gasteiger charge is 2.00. The van der Waals surface area contributed by atoms with E-state index in [1.807, 2.05) is 6.92 Å². The third kappa shape index (κ3) is 2.99. The minimum absolute atomic E-state index is 0.603. The van der Waals surface area contributed by atoms with Gasteiger partial charge < -0.3 is 4.42 Å². The van der Waals surface area contributed by atoms with Gasteiger partial charge >= 0.3 is 0 Å². The third-order valence-electron chi connectivity index (χ3n) is 0.950. The average Bonchev–Trinajstić information content (AvgIpc) is 2.31. The summed E-state index contributed by atoms with van der Waals surface area (Å²) in [6.07, 6.45) is 1.61. The topological polar surface area (TPSA) is 26.0 Å². The van der Waals surface area contributed by atoms with E-state index in [4.69, 9.17) is 16.0 Å². The first-order valence-corrected chi connectivity index (χ1v) is 4.43. The normalized spacial score (nSPS) is 10.0. The first-order valence-electron chi connectivity index (χ1n) is 3.06. The van der Waals surface area contributed by atoms with E-state index in [-0.39, 0.29) is 0 Å². The van der Waals surface area contributed by atoms with Crippen molar-refractivity contribution in [2.75, 3.05) is 5.75 Å². The zero-order valence-electron chi connectivity index (χ0n) is 6.13. The number of oxazole rings is 1. The second-order valence-corrected chi connectivity index (χ2v) is 3.52. The summed E-state index contributed by atoms with van der Waals surface area (Å²) in [7, 11) is 0. The van der Waals surface area contributed by atoms with E-state index in [1.165, 1.54) is 11.8 Å². The second-order valence-electron chi connectivity index (χ2n) is 2.06. The van der Waals surface area contributed by atoms with Gasteiger partial charge in [0.05, 0.1) is 5.69 Å². The van der Waals surface area contributed by atoms with Crippen LogP contribution in [0.25, 0.3) is 0 Å². The van der Waals surface area contributed by atoms with Crippen molar-refractivity contribution in [1.82, 2.24) is 4.98 Å². The highest BCUT2D eigenvalue weighted by atomic mass is 35.5. The molecule has 0 fully saturated rings. The molecule has 1 rings (SSSR count). The van der Waals surface area contributed by atoms with Crippen LogP contribution in [-0.4, -0.2) is 10.7 Å². The SMILES string of the molecule is C=C(Cl)CSc1nc(C)co1. The molecule has 1 aromatic rings. The van der Waals surface area contributed by atoms with Gasteiger partial charge in [0, 0.05) is 10.8 Å². The zero-order chi connectivity index (χ0) is 8.27. The minimum atomic E-state index is 0.603. The molecule has 0 aliphatic carbocycles. The van der Waals surface area contributed by atoms with Gasteiger partial charge in [-0.3, -0.25) is 0 Å².